The van der Waals surface area contributed by atoms with E-state index < -0.39 is 0 Å². The summed E-state index contributed by atoms with van der Waals surface area (Å²) in [6, 6.07) is 11.3. The van der Waals surface area contributed by atoms with Crippen molar-refractivity contribution in [2.24, 2.45) is 0 Å². The summed E-state index contributed by atoms with van der Waals surface area (Å²) in [6.07, 6.45) is -0.0905. The maximum Gasteiger partial charge on any atom is 0.308 e. The second-order valence-electron chi connectivity index (χ2n) is 5.65. The van der Waals surface area contributed by atoms with E-state index in [1.165, 1.54) is 6.92 Å². The summed E-state index contributed by atoms with van der Waals surface area (Å²) in [7, 11) is 1.64. The smallest absolute Gasteiger partial charge is 0.308 e. The summed E-state index contributed by atoms with van der Waals surface area (Å²) in [4.78, 5) is 11.1. The fraction of sp³-hybridized carbons (Fsp3) is 0.278. The van der Waals surface area contributed by atoms with Gasteiger partial charge in [-0.15, -0.1) is 0 Å². The highest BCUT2D eigenvalue weighted by Gasteiger charge is 2.40. The molecule has 5 heteroatoms. The number of methoxy groups -OCH3 is 1. The molecule has 2 aromatic rings. The molecule has 2 atom stereocenters. The average Bonchev–Trinajstić information content (AvgIpc) is 2.91. The number of esters is 1. The van der Waals surface area contributed by atoms with Crippen molar-refractivity contribution in [1.82, 2.24) is 0 Å². The topological polar surface area (TPSA) is 54.0 Å². The summed E-state index contributed by atoms with van der Waals surface area (Å²) in [5.74, 6) is 2.59. The van der Waals surface area contributed by atoms with Crippen molar-refractivity contribution in [2.45, 2.75) is 18.9 Å². The van der Waals surface area contributed by atoms with Gasteiger partial charge in [0.2, 0.25) is 0 Å². The van der Waals surface area contributed by atoms with Gasteiger partial charge in [0.05, 0.1) is 19.6 Å². The standard InChI is InChI=1S/C18H16O5/c1-10(19)22-12-4-6-14-16(8-12)21-9-15-13-5-3-11(20-2)7-17(13)23-18(14)15/h3-8,15,18H,9H2,1-2H3/t15-,18-/m1/s1. The van der Waals surface area contributed by atoms with E-state index in [1.807, 2.05) is 24.3 Å². The van der Waals surface area contributed by atoms with Crippen LogP contribution in [-0.4, -0.2) is 19.7 Å². The van der Waals surface area contributed by atoms with Crippen molar-refractivity contribution in [1.29, 1.82) is 0 Å². The van der Waals surface area contributed by atoms with E-state index >= 15 is 0 Å². The predicted molar refractivity (Wildman–Crippen MR) is 82.4 cm³/mol. The molecule has 23 heavy (non-hydrogen) atoms. The monoisotopic (exact) mass is 312 g/mol. The Morgan fingerprint density at radius 1 is 1.09 bits per heavy atom. The highest BCUT2D eigenvalue weighted by atomic mass is 16.5. The fourth-order valence-electron chi connectivity index (χ4n) is 3.17. The number of hydrogen-bond acceptors (Lipinski definition) is 5. The molecule has 0 bridgehead atoms. The molecule has 0 aliphatic carbocycles. The Bertz CT molecular complexity index is 783. The first kappa shape index (κ1) is 13.9. The van der Waals surface area contributed by atoms with Gasteiger partial charge >= 0.3 is 5.97 Å². The third-order valence-corrected chi connectivity index (χ3v) is 4.21. The molecular formula is C18H16O5. The molecular weight excluding hydrogens is 296 g/mol. The van der Waals surface area contributed by atoms with Gasteiger partial charge in [0.25, 0.3) is 0 Å². The predicted octanol–water partition coefficient (Wildman–Crippen LogP) is 3.23. The maximum absolute atomic E-state index is 11.1. The fourth-order valence-corrected chi connectivity index (χ4v) is 3.17. The van der Waals surface area contributed by atoms with Crippen LogP contribution in [0.4, 0.5) is 0 Å². The van der Waals surface area contributed by atoms with Gasteiger partial charge in [0.1, 0.15) is 29.1 Å². The van der Waals surface area contributed by atoms with Crippen LogP contribution in [0.2, 0.25) is 0 Å². The van der Waals surface area contributed by atoms with Gasteiger partial charge in [-0.1, -0.05) is 6.07 Å². The molecule has 2 aliphatic heterocycles. The third-order valence-electron chi connectivity index (χ3n) is 4.21. The number of carbonyl (C=O) groups excluding carboxylic acids is 1. The van der Waals surface area contributed by atoms with Gasteiger partial charge in [0, 0.05) is 30.2 Å². The zero-order chi connectivity index (χ0) is 16.0. The summed E-state index contributed by atoms with van der Waals surface area (Å²) >= 11 is 0. The average molecular weight is 312 g/mol. The molecule has 118 valence electrons. The van der Waals surface area contributed by atoms with E-state index in [9.17, 15) is 4.79 Å². The lowest BCUT2D eigenvalue weighted by Crippen LogP contribution is -2.23. The molecule has 2 heterocycles. The number of hydrogen-bond donors (Lipinski definition) is 0. The Morgan fingerprint density at radius 2 is 1.83 bits per heavy atom. The van der Waals surface area contributed by atoms with Gasteiger partial charge in [0.15, 0.2) is 0 Å². The van der Waals surface area contributed by atoms with Crippen LogP contribution in [0, 0.1) is 0 Å². The molecule has 0 unspecified atom stereocenters. The van der Waals surface area contributed by atoms with Gasteiger partial charge in [-0.25, -0.2) is 0 Å². The van der Waals surface area contributed by atoms with Crippen molar-refractivity contribution >= 4 is 5.97 Å². The molecule has 4 rings (SSSR count). The number of benzene rings is 2. The lowest BCUT2D eigenvalue weighted by atomic mass is 9.89. The number of carbonyl (C=O) groups is 1. The van der Waals surface area contributed by atoms with E-state index in [4.69, 9.17) is 18.9 Å². The Kier molecular flexibility index (Phi) is 3.15. The molecule has 0 N–H and O–H groups in total. The highest BCUT2D eigenvalue weighted by Crippen LogP contribution is 2.52. The van der Waals surface area contributed by atoms with E-state index in [0.29, 0.717) is 18.1 Å². The molecule has 0 amide bonds. The van der Waals surface area contributed by atoms with E-state index in [1.54, 1.807) is 19.2 Å². The van der Waals surface area contributed by atoms with Gasteiger partial charge < -0.3 is 18.9 Å². The van der Waals surface area contributed by atoms with Crippen LogP contribution in [-0.2, 0) is 4.79 Å². The summed E-state index contributed by atoms with van der Waals surface area (Å²) in [6.45, 7) is 1.90. The van der Waals surface area contributed by atoms with Gasteiger partial charge in [-0.2, -0.15) is 0 Å². The van der Waals surface area contributed by atoms with Crippen molar-refractivity contribution in [3.05, 3.63) is 47.5 Å². The molecule has 2 aromatic carbocycles. The summed E-state index contributed by atoms with van der Waals surface area (Å²) < 4.78 is 22.4. The first-order chi connectivity index (χ1) is 11.2. The molecule has 0 fully saturated rings. The van der Waals surface area contributed by atoms with Gasteiger partial charge in [-0.3, -0.25) is 4.79 Å². The van der Waals surface area contributed by atoms with Crippen molar-refractivity contribution < 1.29 is 23.7 Å². The van der Waals surface area contributed by atoms with Crippen LogP contribution in [0.3, 0.4) is 0 Å². The number of fused-ring (bicyclic) bond motifs is 5. The Morgan fingerprint density at radius 3 is 2.61 bits per heavy atom. The molecule has 0 spiro atoms. The first-order valence-electron chi connectivity index (χ1n) is 7.45. The second-order valence-corrected chi connectivity index (χ2v) is 5.65. The maximum atomic E-state index is 11.1. The van der Waals surface area contributed by atoms with Crippen LogP contribution in [0.5, 0.6) is 23.0 Å². The normalized spacial score (nSPS) is 20.4. The lowest BCUT2D eigenvalue weighted by Gasteiger charge is -2.28. The summed E-state index contributed by atoms with van der Waals surface area (Å²) in [5, 5.41) is 0. The van der Waals surface area contributed by atoms with E-state index in [2.05, 4.69) is 0 Å². The molecule has 0 radical (unpaired) electrons. The molecule has 0 saturated carbocycles. The second kappa shape index (κ2) is 5.19. The largest absolute Gasteiger partial charge is 0.497 e. The van der Waals surface area contributed by atoms with Crippen LogP contribution >= 0.6 is 0 Å². The molecule has 0 saturated heterocycles. The molecule has 0 aromatic heterocycles. The van der Waals surface area contributed by atoms with Crippen molar-refractivity contribution in [2.75, 3.05) is 13.7 Å². The third kappa shape index (κ3) is 2.29. The Labute approximate surface area is 133 Å². The minimum absolute atomic E-state index is 0.0905. The van der Waals surface area contributed by atoms with Gasteiger partial charge in [-0.05, 0) is 18.2 Å². The Balaban J connectivity index is 1.68. The number of rotatable bonds is 2. The van der Waals surface area contributed by atoms with Crippen LogP contribution in [0.25, 0.3) is 0 Å². The van der Waals surface area contributed by atoms with Crippen LogP contribution in [0.1, 0.15) is 30.1 Å². The van der Waals surface area contributed by atoms with Crippen molar-refractivity contribution in [3.63, 3.8) is 0 Å². The minimum atomic E-state index is -0.352. The lowest BCUT2D eigenvalue weighted by molar-refractivity contribution is -0.131. The van der Waals surface area contributed by atoms with Crippen molar-refractivity contribution in [3.8, 4) is 23.0 Å². The number of ether oxygens (including phenoxy) is 4. The van der Waals surface area contributed by atoms with Crippen LogP contribution < -0.4 is 18.9 Å². The minimum Gasteiger partial charge on any atom is -0.497 e. The van der Waals surface area contributed by atoms with E-state index in [0.717, 1.165) is 22.6 Å². The quantitative estimate of drug-likeness (QED) is 0.629. The molecule has 2 aliphatic rings. The molecule has 5 nitrogen and oxygen atoms in total. The first-order valence-corrected chi connectivity index (χ1v) is 7.45. The zero-order valence-electron chi connectivity index (χ0n) is 12.9. The SMILES string of the molecule is COc1ccc2c(c1)O[C@@H]1c3ccc(OC(C)=O)cc3OC[C@H]21. The zero-order valence-corrected chi connectivity index (χ0v) is 12.9. The van der Waals surface area contributed by atoms with E-state index in [-0.39, 0.29) is 18.0 Å². The Hall–Kier alpha value is -2.69. The summed E-state index contributed by atoms with van der Waals surface area (Å²) in [5.41, 5.74) is 2.10. The highest BCUT2D eigenvalue weighted by molar-refractivity contribution is 5.69. The van der Waals surface area contributed by atoms with Crippen LogP contribution in [0.15, 0.2) is 36.4 Å².